The van der Waals surface area contributed by atoms with Gasteiger partial charge in [0.15, 0.2) is 0 Å². The van der Waals surface area contributed by atoms with E-state index in [1.807, 2.05) is 0 Å². The van der Waals surface area contributed by atoms with Crippen LogP contribution in [0.5, 0.6) is 5.75 Å². The van der Waals surface area contributed by atoms with E-state index in [1.54, 1.807) is 23.5 Å². The van der Waals surface area contributed by atoms with E-state index >= 15 is 0 Å². The van der Waals surface area contributed by atoms with Gasteiger partial charge in [-0.1, -0.05) is 12.8 Å². The van der Waals surface area contributed by atoms with E-state index in [9.17, 15) is 10.1 Å². The molecule has 21 heavy (non-hydrogen) atoms. The predicted octanol–water partition coefficient (Wildman–Crippen LogP) is 4.66. The molecule has 8 heteroatoms. The lowest BCUT2D eigenvalue weighted by atomic mass is 9.87. The summed E-state index contributed by atoms with van der Waals surface area (Å²) in [7, 11) is 0. The van der Waals surface area contributed by atoms with Crippen LogP contribution in [0.15, 0.2) is 24.3 Å². The highest BCUT2D eigenvalue weighted by Crippen LogP contribution is 2.74. The Balaban J connectivity index is 1.75. The molecule has 0 amide bonds. The van der Waals surface area contributed by atoms with E-state index in [0.717, 1.165) is 12.8 Å². The van der Waals surface area contributed by atoms with Gasteiger partial charge >= 0.3 is 0 Å². The Hall–Kier alpha value is -0.620. The molecule has 2 aliphatic rings. The van der Waals surface area contributed by atoms with Gasteiger partial charge in [0, 0.05) is 12.1 Å². The second kappa shape index (κ2) is 5.54. The van der Waals surface area contributed by atoms with Gasteiger partial charge in [-0.05, 0) is 55.1 Å². The highest BCUT2D eigenvalue weighted by molar-refractivity contribution is 8.68. The van der Waals surface area contributed by atoms with Gasteiger partial charge < -0.3 is 9.05 Å². The molecule has 1 heterocycles. The van der Waals surface area contributed by atoms with Crippen molar-refractivity contribution in [3.63, 3.8) is 0 Å². The quantitative estimate of drug-likeness (QED) is 0.451. The summed E-state index contributed by atoms with van der Waals surface area (Å²) in [5.41, 5.74) is -2.38. The molecular formula is C13H16NO4PS2. The lowest BCUT2D eigenvalue weighted by Gasteiger charge is -2.31. The summed E-state index contributed by atoms with van der Waals surface area (Å²) in [4.78, 5) is 10.2. The van der Waals surface area contributed by atoms with Crippen LogP contribution in [0.1, 0.15) is 32.6 Å². The van der Waals surface area contributed by atoms with Crippen molar-refractivity contribution in [2.24, 2.45) is 0 Å². The number of rotatable bonds is 3. The van der Waals surface area contributed by atoms with Gasteiger partial charge in [0.05, 0.1) is 15.8 Å². The third kappa shape index (κ3) is 3.11. The van der Waals surface area contributed by atoms with Crippen molar-refractivity contribution in [1.82, 2.24) is 0 Å². The van der Waals surface area contributed by atoms with Crippen LogP contribution >= 0.6 is 17.1 Å². The molecule has 2 fully saturated rings. The Morgan fingerprint density at radius 1 is 1.48 bits per heavy atom. The van der Waals surface area contributed by atoms with Crippen LogP contribution in [0.4, 0.5) is 5.69 Å². The summed E-state index contributed by atoms with van der Waals surface area (Å²) in [6, 6.07) is 6.01. The molecule has 0 spiro atoms. The highest BCUT2D eigenvalue weighted by Gasteiger charge is 2.52. The van der Waals surface area contributed by atoms with E-state index in [2.05, 4.69) is 6.92 Å². The van der Waals surface area contributed by atoms with Crippen molar-refractivity contribution in [1.29, 1.82) is 0 Å². The van der Waals surface area contributed by atoms with E-state index in [-0.39, 0.29) is 16.5 Å². The second-order valence-electron chi connectivity index (χ2n) is 5.53. The van der Waals surface area contributed by atoms with Gasteiger partial charge in [-0.15, -0.1) is 0 Å². The van der Waals surface area contributed by atoms with Gasteiger partial charge in [-0.3, -0.25) is 10.1 Å². The molecule has 5 nitrogen and oxygen atoms in total. The molecule has 114 valence electrons. The van der Waals surface area contributed by atoms with Gasteiger partial charge in [-0.25, -0.2) is 0 Å². The van der Waals surface area contributed by atoms with Crippen LogP contribution in [0.2, 0.25) is 0 Å². The summed E-state index contributed by atoms with van der Waals surface area (Å²) < 4.78 is 12.0. The number of nitro benzene ring substituents is 1. The topological polar surface area (TPSA) is 61.6 Å². The van der Waals surface area contributed by atoms with Gasteiger partial charge in [-0.2, -0.15) is 0 Å². The summed E-state index contributed by atoms with van der Waals surface area (Å²) in [6.07, 6.45) is 4.68. The highest BCUT2D eigenvalue weighted by atomic mass is 32.9. The summed E-state index contributed by atoms with van der Waals surface area (Å²) >= 11 is 7.27. The molecule has 3 atom stereocenters. The van der Waals surface area contributed by atoms with Crippen LogP contribution in [0.3, 0.4) is 0 Å². The fraction of sp³-hybridized carbons (Fsp3) is 0.538. The van der Waals surface area contributed by atoms with Crippen molar-refractivity contribution in [2.45, 2.75) is 43.5 Å². The zero-order valence-corrected chi connectivity index (χ0v) is 14.1. The Labute approximate surface area is 132 Å². The molecule has 1 aliphatic carbocycles. The maximum absolute atomic E-state index is 10.7. The lowest BCUT2D eigenvalue weighted by molar-refractivity contribution is -0.384. The van der Waals surface area contributed by atoms with Crippen molar-refractivity contribution < 1.29 is 14.0 Å². The van der Waals surface area contributed by atoms with E-state index in [0.29, 0.717) is 5.75 Å². The van der Waals surface area contributed by atoms with Gasteiger partial charge in [0.25, 0.3) is 11.4 Å². The first-order chi connectivity index (χ1) is 9.90. The first kappa shape index (κ1) is 15.3. The minimum Gasteiger partial charge on any atom is -0.436 e. The molecule has 1 aromatic carbocycles. The molecule has 0 radical (unpaired) electrons. The number of benzene rings is 1. The molecule has 0 N–H and O–H groups in total. The van der Waals surface area contributed by atoms with Crippen LogP contribution in [-0.4, -0.2) is 15.8 Å². The smallest absolute Gasteiger partial charge is 0.298 e. The molecule has 1 aromatic rings. The Morgan fingerprint density at radius 3 is 2.81 bits per heavy atom. The van der Waals surface area contributed by atoms with Crippen molar-refractivity contribution >= 4 is 34.6 Å². The SMILES string of the molecule is C[C@]12CCCC[C@@H]1OP(=S)(Oc1ccc([N+](=O)[O-])cc1)S2. The summed E-state index contributed by atoms with van der Waals surface area (Å²) in [5, 5.41) is 10.7. The van der Waals surface area contributed by atoms with Crippen LogP contribution in [-0.2, 0) is 16.3 Å². The van der Waals surface area contributed by atoms with E-state index < -0.39 is 10.6 Å². The van der Waals surface area contributed by atoms with Crippen LogP contribution < -0.4 is 4.52 Å². The average molecular weight is 345 g/mol. The number of nitrogens with zero attached hydrogens (tertiary/aromatic N) is 1. The molecule has 1 saturated carbocycles. The maximum Gasteiger partial charge on any atom is 0.298 e. The number of hydrogen-bond donors (Lipinski definition) is 0. The average Bonchev–Trinajstić information content (AvgIpc) is 2.69. The van der Waals surface area contributed by atoms with Crippen molar-refractivity contribution in [2.75, 3.05) is 0 Å². The fourth-order valence-corrected chi connectivity index (χ4v) is 10.1. The molecule has 0 bridgehead atoms. The van der Waals surface area contributed by atoms with E-state index in [4.69, 9.17) is 20.9 Å². The maximum atomic E-state index is 10.7. The van der Waals surface area contributed by atoms with Gasteiger partial charge in [0.1, 0.15) is 5.75 Å². The first-order valence-corrected chi connectivity index (χ1v) is 10.9. The monoisotopic (exact) mass is 345 g/mol. The molecule has 1 unspecified atom stereocenters. The molecule has 3 rings (SSSR count). The summed E-state index contributed by atoms with van der Waals surface area (Å²) in [6.45, 7) is 2.20. The zero-order valence-electron chi connectivity index (χ0n) is 11.6. The minimum absolute atomic E-state index is 0.0414. The zero-order chi connectivity index (χ0) is 15.1. The molecular weight excluding hydrogens is 329 g/mol. The summed E-state index contributed by atoms with van der Waals surface area (Å²) in [5.74, 6) is 0.540. The standard InChI is InChI=1S/C13H16NO4PS2/c1-13-9-3-2-4-12(13)18-19(20,21-13)17-11-7-5-10(6-8-11)14(15)16/h5-8,12H,2-4,9H2,1H3/t12-,13-,19?/m0/s1. The molecule has 1 aliphatic heterocycles. The van der Waals surface area contributed by atoms with Crippen LogP contribution in [0.25, 0.3) is 0 Å². The van der Waals surface area contributed by atoms with Gasteiger partial charge in [0.2, 0.25) is 0 Å². The van der Waals surface area contributed by atoms with Crippen molar-refractivity contribution in [3.05, 3.63) is 34.4 Å². The molecule has 1 saturated heterocycles. The Bertz CT molecular complexity index is 609. The van der Waals surface area contributed by atoms with E-state index in [1.165, 1.54) is 25.0 Å². The first-order valence-electron chi connectivity index (χ1n) is 6.83. The molecule has 0 aromatic heterocycles. The number of non-ortho nitro benzene ring substituents is 1. The second-order valence-corrected chi connectivity index (χ2v) is 12.1. The normalized spacial score (nSPS) is 35.2. The Morgan fingerprint density at radius 2 is 2.19 bits per heavy atom. The van der Waals surface area contributed by atoms with Crippen molar-refractivity contribution in [3.8, 4) is 5.75 Å². The lowest BCUT2D eigenvalue weighted by Crippen LogP contribution is -2.35. The largest absolute Gasteiger partial charge is 0.436 e. The third-order valence-corrected chi connectivity index (χ3v) is 9.52. The number of nitro groups is 1. The minimum atomic E-state index is -2.42. The number of hydrogen-bond acceptors (Lipinski definition) is 6. The number of fused-ring (bicyclic) bond motifs is 1. The Kier molecular flexibility index (Phi) is 4.03. The predicted molar refractivity (Wildman–Crippen MR) is 87.3 cm³/mol. The third-order valence-electron chi connectivity index (χ3n) is 3.91. The van der Waals surface area contributed by atoms with Crippen LogP contribution in [0, 0.1) is 10.1 Å². The fourth-order valence-electron chi connectivity index (χ4n) is 2.77.